The van der Waals surface area contributed by atoms with Gasteiger partial charge in [-0.3, -0.25) is 9.79 Å². The number of aliphatic imine (C=N–C) groups is 1. The molecule has 0 saturated heterocycles. The lowest BCUT2D eigenvalue weighted by Crippen LogP contribution is -2.28. The van der Waals surface area contributed by atoms with Crippen LogP contribution in [0, 0.1) is 6.92 Å². The number of rotatable bonds is 20. The van der Waals surface area contributed by atoms with Gasteiger partial charge in [0, 0.05) is 24.3 Å². The molecule has 0 aliphatic carbocycles. The Bertz CT molecular complexity index is 1030. The van der Waals surface area contributed by atoms with E-state index in [0.29, 0.717) is 96.4 Å². The van der Waals surface area contributed by atoms with Crippen LogP contribution in [0.3, 0.4) is 0 Å². The number of nitrogens with zero attached hydrogens (tertiary/aromatic N) is 1. The fourth-order valence-electron chi connectivity index (χ4n) is 3.81. The number of hydrogen-bond acceptors (Lipinski definition) is 10. The Kier molecular flexibility index (Phi) is 15.6. The summed E-state index contributed by atoms with van der Waals surface area (Å²) in [4.78, 5) is 17.3. The first-order valence-electron chi connectivity index (χ1n) is 13.7. The van der Waals surface area contributed by atoms with E-state index < -0.39 is 0 Å². The molecule has 1 unspecified atom stereocenters. The van der Waals surface area contributed by atoms with Crippen molar-refractivity contribution in [1.82, 2.24) is 5.32 Å². The number of carbonyl (C=O) groups excluding carboxylic acids is 1. The summed E-state index contributed by atoms with van der Waals surface area (Å²) in [7, 11) is 0. The fourth-order valence-corrected chi connectivity index (χ4v) is 4.82. The third kappa shape index (κ3) is 12.3. The first kappa shape index (κ1) is 32.0. The molecule has 0 saturated carbocycles. The van der Waals surface area contributed by atoms with Crippen molar-refractivity contribution in [2.24, 2.45) is 10.7 Å². The van der Waals surface area contributed by atoms with Gasteiger partial charge in [-0.05, 0) is 36.2 Å². The molecule has 1 aliphatic rings. The van der Waals surface area contributed by atoms with E-state index in [1.54, 1.807) is 11.8 Å². The molecule has 0 spiro atoms. The molecule has 3 rings (SSSR count). The molecule has 1 amide bonds. The van der Waals surface area contributed by atoms with Crippen LogP contribution >= 0.6 is 11.8 Å². The normalized spacial score (nSPS) is 14.8. The average Bonchev–Trinajstić information content (AvgIpc) is 3.43. The zero-order chi connectivity index (χ0) is 28.3. The van der Waals surface area contributed by atoms with Crippen molar-refractivity contribution in [2.45, 2.75) is 12.2 Å². The number of aryl methyl sites for hydroxylation is 1. The summed E-state index contributed by atoms with van der Waals surface area (Å²) in [5.74, 6) is -0.143. The number of carbonyl (C=O) groups is 1. The summed E-state index contributed by atoms with van der Waals surface area (Å²) in [6, 6.07) is 15.9. The van der Waals surface area contributed by atoms with Crippen molar-refractivity contribution in [2.75, 3.05) is 91.0 Å². The number of nitrogens with two attached hydrogens (primary N) is 1. The highest BCUT2D eigenvalue weighted by molar-refractivity contribution is 8.14. The number of ether oxygens (including phenoxy) is 5. The Balaban J connectivity index is 1.18. The lowest BCUT2D eigenvalue weighted by Gasteiger charge is -2.12. The Hall–Kier alpha value is -2.51. The fraction of sp³-hybridized carbons (Fsp3) is 0.517. The van der Waals surface area contributed by atoms with Crippen molar-refractivity contribution in [1.29, 1.82) is 0 Å². The molecule has 0 radical (unpaired) electrons. The predicted octanol–water partition coefficient (Wildman–Crippen LogP) is 3.02. The molecule has 4 N–H and O–H groups in total. The van der Waals surface area contributed by atoms with Gasteiger partial charge in [0.25, 0.3) is 5.91 Å². The SMILES string of the molecule is Cc1cc(NCCOCCOCCOCCOCCOCCN)ccc1C(=O)NC1=NCC(c2ccccc2)S1. The number of hydrogen-bond donors (Lipinski definition) is 3. The van der Waals surface area contributed by atoms with Crippen molar-refractivity contribution in [3.05, 3.63) is 65.2 Å². The second-order valence-electron chi connectivity index (χ2n) is 8.92. The molecule has 1 aliphatic heterocycles. The van der Waals surface area contributed by atoms with Crippen molar-refractivity contribution in [3.8, 4) is 0 Å². The standard InChI is InChI=1S/C29H42N4O6S/c1-23-21-25(31-10-12-36-14-16-38-18-20-39-19-17-37-15-13-35-11-9-30)7-8-26(23)28(34)33-29-32-22-27(40-29)24-5-3-2-4-6-24/h2-8,21,27,31H,9-20,22,30H2,1H3,(H,32,33,34). The molecule has 2 aromatic carbocycles. The maximum Gasteiger partial charge on any atom is 0.257 e. The molecule has 2 aromatic rings. The summed E-state index contributed by atoms with van der Waals surface area (Å²) in [6.45, 7) is 9.08. The molecular formula is C29H42N4O6S. The van der Waals surface area contributed by atoms with Gasteiger partial charge in [0.2, 0.25) is 0 Å². The van der Waals surface area contributed by atoms with E-state index in [2.05, 4.69) is 27.8 Å². The van der Waals surface area contributed by atoms with Crippen LogP contribution in [0.4, 0.5) is 5.69 Å². The number of amidine groups is 1. The molecule has 1 atom stereocenters. The zero-order valence-corrected chi connectivity index (χ0v) is 24.1. The summed E-state index contributed by atoms with van der Waals surface area (Å²) in [6.07, 6.45) is 0. The zero-order valence-electron chi connectivity index (χ0n) is 23.3. The van der Waals surface area contributed by atoms with Crippen LogP contribution in [0.5, 0.6) is 0 Å². The number of thioether (sulfide) groups is 1. The minimum Gasteiger partial charge on any atom is -0.383 e. The van der Waals surface area contributed by atoms with Crippen LogP contribution in [-0.2, 0) is 23.7 Å². The van der Waals surface area contributed by atoms with Gasteiger partial charge in [0.05, 0.1) is 77.9 Å². The summed E-state index contributed by atoms with van der Waals surface area (Å²) in [5.41, 5.74) is 9.02. The number of anilines is 1. The lowest BCUT2D eigenvalue weighted by atomic mass is 10.1. The van der Waals surface area contributed by atoms with Gasteiger partial charge in [-0.15, -0.1) is 0 Å². The topological polar surface area (TPSA) is 126 Å². The second-order valence-corrected chi connectivity index (χ2v) is 10.1. The number of nitrogens with one attached hydrogen (secondary N) is 2. The van der Waals surface area contributed by atoms with Crippen molar-refractivity contribution in [3.63, 3.8) is 0 Å². The third-order valence-corrected chi connectivity index (χ3v) is 7.00. The van der Waals surface area contributed by atoms with Gasteiger partial charge in [0.15, 0.2) is 5.17 Å². The molecular weight excluding hydrogens is 532 g/mol. The second kappa shape index (κ2) is 19.5. The van der Waals surface area contributed by atoms with Crippen LogP contribution in [0.2, 0.25) is 0 Å². The van der Waals surface area contributed by atoms with Crippen LogP contribution < -0.4 is 16.4 Å². The Morgan fingerprint density at radius 2 is 1.48 bits per heavy atom. The molecule has 1 heterocycles. The lowest BCUT2D eigenvalue weighted by molar-refractivity contribution is -0.00985. The van der Waals surface area contributed by atoms with E-state index in [1.807, 2.05) is 43.3 Å². The molecule has 0 aromatic heterocycles. The predicted molar refractivity (Wildman–Crippen MR) is 159 cm³/mol. The van der Waals surface area contributed by atoms with E-state index in [-0.39, 0.29) is 11.2 Å². The Morgan fingerprint density at radius 1 is 0.875 bits per heavy atom. The summed E-state index contributed by atoms with van der Waals surface area (Å²) >= 11 is 1.59. The molecule has 0 bridgehead atoms. The van der Waals surface area contributed by atoms with E-state index in [9.17, 15) is 4.79 Å². The van der Waals surface area contributed by atoms with Crippen LogP contribution in [0.25, 0.3) is 0 Å². The van der Waals surface area contributed by atoms with E-state index in [4.69, 9.17) is 29.4 Å². The van der Waals surface area contributed by atoms with E-state index in [1.165, 1.54) is 5.56 Å². The maximum absolute atomic E-state index is 12.8. The van der Waals surface area contributed by atoms with Crippen LogP contribution in [0.1, 0.15) is 26.7 Å². The number of amides is 1. The van der Waals surface area contributed by atoms with Crippen LogP contribution in [-0.4, -0.2) is 96.8 Å². The van der Waals surface area contributed by atoms with Gasteiger partial charge >= 0.3 is 0 Å². The Morgan fingerprint density at radius 3 is 2.08 bits per heavy atom. The molecule has 40 heavy (non-hydrogen) atoms. The highest BCUT2D eigenvalue weighted by atomic mass is 32.2. The molecule has 10 nitrogen and oxygen atoms in total. The molecule has 220 valence electrons. The van der Waals surface area contributed by atoms with E-state index in [0.717, 1.165) is 11.3 Å². The first-order valence-corrected chi connectivity index (χ1v) is 14.6. The van der Waals surface area contributed by atoms with Crippen molar-refractivity contribution >= 4 is 28.5 Å². The van der Waals surface area contributed by atoms with E-state index >= 15 is 0 Å². The molecule has 0 fully saturated rings. The minimum atomic E-state index is -0.143. The monoisotopic (exact) mass is 574 g/mol. The van der Waals surface area contributed by atoms with Gasteiger partial charge in [-0.2, -0.15) is 0 Å². The summed E-state index contributed by atoms with van der Waals surface area (Å²) in [5, 5.41) is 7.19. The first-order chi connectivity index (χ1) is 19.7. The average molecular weight is 575 g/mol. The van der Waals surface area contributed by atoms with Gasteiger partial charge in [0.1, 0.15) is 0 Å². The van der Waals surface area contributed by atoms with Gasteiger partial charge < -0.3 is 40.1 Å². The number of benzene rings is 2. The third-order valence-electron chi connectivity index (χ3n) is 5.84. The largest absolute Gasteiger partial charge is 0.383 e. The summed E-state index contributed by atoms with van der Waals surface area (Å²) < 4.78 is 27.2. The quantitative estimate of drug-likeness (QED) is 0.205. The highest BCUT2D eigenvalue weighted by Gasteiger charge is 2.23. The van der Waals surface area contributed by atoms with Gasteiger partial charge in [-0.1, -0.05) is 42.1 Å². The minimum absolute atomic E-state index is 0.143. The molecule has 11 heteroatoms. The van der Waals surface area contributed by atoms with Gasteiger partial charge in [-0.25, -0.2) is 0 Å². The maximum atomic E-state index is 12.8. The smallest absolute Gasteiger partial charge is 0.257 e. The Labute approximate surface area is 241 Å². The highest BCUT2D eigenvalue weighted by Crippen LogP contribution is 2.34. The van der Waals surface area contributed by atoms with Crippen LogP contribution in [0.15, 0.2) is 53.5 Å². The van der Waals surface area contributed by atoms with Crippen molar-refractivity contribution < 1.29 is 28.5 Å².